The number of rotatable bonds is 8. The Hall–Kier alpha value is 0.614. The number of nitrogens with zero attached hydrogens (tertiary/aromatic N) is 1. The van der Waals surface area contributed by atoms with E-state index in [2.05, 4.69) is 40.0 Å². The third kappa shape index (κ3) is 15.8. The second-order valence-electron chi connectivity index (χ2n) is 19.7. The van der Waals surface area contributed by atoms with E-state index in [1.807, 2.05) is 71.0 Å². The van der Waals surface area contributed by atoms with Gasteiger partial charge in [0.1, 0.15) is 29.7 Å². The number of halogens is 2. The first-order chi connectivity index (χ1) is 30.9. The summed E-state index contributed by atoms with van der Waals surface area (Å²) in [4.78, 5) is 31.8. The molecule has 4 heterocycles. The van der Waals surface area contributed by atoms with E-state index < -0.39 is 116 Å². The number of likely N-dealkylation sites (N-methyl/N-ethyl adjacent to an activating group) is 1. The summed E-state index contributed by atoms with van der Waals surface area (Å²) >= 11 is 7.07. The average Bonchev–Trinajstić information content (AvgIpc) is 3.71. The average molecular weight is 1270 g/mol. The van der Waals surface area contributed by atoms with E-state index in [4.69, 9.17) is 33.0 Å². The molecule has 387 valence electrons. The van der Waals surface area contributed by atoms with Crippen LogP contribution < -0.4 is 0 Å². The first-order valence-electron chi connectivity index (χ1n) is 22.6. The number of ether oxygens (including phenoxy) is 6. The predicted molar refractivity (Wildman–Crippen MR) is 271 cm³/mol. The number of hydrogen-bond acceptors (Lipinski definition) is 17. The second-order valence-corrected chi connectivity index (χ2v) is 36.1. The molecular formula is C45H75I2NO15S3V. The van der Waals surface area contributed by atoms with Crippen LogP contribution in [0.25, 0.3) is 0 Å². The van der Waals surface area contributed by atoms with Crippen LogP contribution in [0.5, 0.6) is 0 Å². The van der Waals surface area contributed by atoms with Gasteiger partial charge < -0.3 is 53.7 Å². The third-order valence-electron chi connectivity index (χ3n) is 13.6. The van der Waals surface area contributed by atoms with Crippen molar-refractivity contribution < 1.29 is 80.9 Å². The molecule has 67 heavy (non-hydrogen) atoms. The molecule has 4 aliphatic rings. The number of hydrogen-bond donors (Lipinski definition) is 5. The number of carbonyl (C=O) groups is 2. The molecule has 0 aromatic heterocycles. The number of aliphatic hydroxyl groups excluding tert-OH is 3. The van der Waals surface area contributed by atoms with Gasteiger partial charge in [-0.2, -0.15) is 8.42 Å². The van der Waals surface area contributed by atoms with Crippen LogP contribution in [-0.2, 0) is 57.6 Å². The van der Waals surface area contributed by atoms with Crippen molar-refractivity contribution in [3.63, 3.8) is 0 Å². The monoisotopic (exact) mass is 1270 g/mol. The molecule has 0 saturated carbocycles. The van der Waals surface area contributed by atoms with E-state index in [9.17, 15) is 38.4 Å². The second kappa shape index (κ2) is 26.2. The number of carbonyl (C=O) groups excluding carboxylic acids is 2. The fourth-order valence-electron chi connectivity index (χ4n) is 9.76. The van der Waals surface area contributed by atoms with Crippen LogP contribution in [0.1, 0.15) is 102 Å². The standard InChI is InChI=1S/C38H69NO12.C7H6O3S3.2HI.V/c1-15-26-38(11,45)31(42)21(4)28(40)19(2)17-36(8,9)33(51-35-29(41)25(39(12)13)16-20(3)47-35)22(5)30(23(6)34(44)49-26)50-27-18-37(10,46-14)32(43)24(7)48-27;8-13(9,10)7-11-5-3-1-2-4-6(5)12-7;;;/h19-27,29-33,35,41-43,45H,15-18H2,1-14H3;1-4,7H,(H,8,9,10);2*1H;/q;;;;+2/p-2/t19-,20?,21+,22+,23-,24?,25?,26-,27?,29?,30+,31-,32?,33-,35?,37?,38-;;;;/m1..../s1. The molecule has 22 heteroatoms. The predicted octanol–water partition coefficient (Wildman–Crippen LogP) is 6.89. The van der Waals surface area contributed by atoms with Crippen molar-refractivity contribution in [1.29, 1.82) is 0 Å². The topological polar surface area (TPSA) is 228 Å². The SMILES string of the molecule is CC[C@H]1OC(=O)[C@H](C)[C@@H](OC2CC(C)(OC)C(O)C(C)O2)[C@H](C)[C@@H](OC2OC(C)CC(N(C)C)C2O)C(C)(C)C[C@@H](C)C(=O)[C@H](C)[C@@H](O)[C@]1(C)O.O=S(=O)(O)C1Sc2ccccc2S1.[I][V][I]. The maximum absolute atomic E-state index is 14.1. The van der Waals surface area contributed by atoms with Gasteiger partial charge in [0.25, 0.3) is 10.1 Å². The van der Waals surface area contributed by atoms with Crippen LogP contribution in [0.15, 0.2) is 34.1 Å². The van der Waals surface area contributed by atoms with Gasteiger partial charge in [0.05, 0.1) is 42.0 Å². The van der Waals surface area contributed by atoms with Crippen LogP contribution >= 0.6 is 63.5 Å². The maximum atomic E-state index is 14.1. The van der Waals surface area contributed by atoms with Gasteiger partial charge >= 0.3 is 55.4 Å². The molecule has 1 aromatic carbocycles. The van der Waals surface area contributed by atoms with E-state index in [1.165, 1.54) is 37.6 Å². The van der Waals surface area contributed by atoms with Crippen molar-refractivity contribution in [2.75, 3.05) is 21.2 Å². The Morgan fingerprint density at radius 3 is 1.94 bits per heavy atom. The number of esters is 1. The number of aliphatic hydroxyl groups is 4. The number of fused-ring (bicyclic) bond motifs is 1. The molecule has 3 fully saturated rings. The molecule has 0 radical (unpaired) electrons. The zero-order chi connectivity index (χ0) is 51.1. The van der Waals surface area contributed by atoms with Gasteiger partial charge in [-0.15, -0.1) is 0 Å². The van der Waals surface area contributed by atoms with Crippen molar-refractivity contribution in [2.24, 2.45) is 29.1 Å². The van der Waals surface area contributed by atoms with Crippen molar-refractivity contribution >= 4 is 85.4 Å². The van der Waals surface area contributed by atoms with Gasteiger partial charge in [0.15, 0.2) is 16.5 Å². The minimum atomic E-state index is -3.94. The molecule has 8 unspecified atom stereocenters. The fraction of sp³-hybridized carbons (Fsp3) is 0.822. The molecule has 17 atom stereocenters. The Balaban J connectivity index is 0.000000622. The van der Waals surface area contributed by atoms with Crippen molar-refractivity contribution in [3.05, 3.63) is 24.3 Å². The van der Waals surface area contributed by atoms with Crippen LogP contribution in [0.3, 0.4) is 0 Å². The number of thioether (sulfide) groups is 2. The molecule has 3 saturated heterocycles. The normalized spacial score (nSPS) is 40.0. The van der Waals surface area contributed by atoms with E-state index in [0.29, 0.717) is 22.3 Å². The van der Waals surface area contributed by atoms with E-state index in [1.54, 1.807) is 41.5 Å². The first-order valence-corrected chi connectivity index (χ1v) is 34.8. The number of methoxy groups -OCH3 is 1. The van der Waals surface area contributed by atoms with Crippen molar-refractivity contribution in [3.8, 4) is 0 Å². The van der Waals surface area contributed by atoms with Crippen LogP contribution in [0, 0.1) is 29.1 Å². The molecular weight excluding hydrogens is 1200 g/mol. The molecule has 4 aliphatic heterocycles. The van der Waals surface area contributed by atoms with E-state index in [0.717, 1.165) is 9.79 Å². The molecule has 5 rings (SSSR count). The van der Waals surface area contributed by atoms with Gasteiger partial charge in [-0.25, -0.2) is 0 Å². The van der Waals surface area contributed by atoms with Gasteiger partial charge in [-0.3, -0.25) is 14.1 Å². The molecule has 0 amide bonds. The summed E-state index contributed by atoms with van der Waals surface area (Å²) in [5.74, 6) is -4.01. The number of Topliss-reactive ketones (excluding diaryl/α,β-unsaturated/α-hetero) is 1. The fourth-order valence-corrected chi connectivity index (χ4v) is 13.6. The van der Waals surface area contributed by atoms with Crippen LogP contribution in [0.4, 0.5) is 0 Å². The Morgan fingerprint density at radius 2 is 1.45 bits per heavy atom. The number of benzene rings is 1. The first kappa shape index (κ1) is 61.9. The van der Waals surface area contributed by atoms with E-state index >= 15 is 0 Å². The zero-order valence-electron chi connectivity index (χ0n) is 41.1. The molecule has 0 aliphatic carbocycles. The van der Waals surface area contributed by atoms with Crippen molar-refractivity contribution in [1.82, 2.24) is 4.90 Å². The zero-order valence-corrected chi connectivity index (χ0v) is 49.2. The minimum absolute atomic E-state index is 0.156. The Morgan fingerprint density at radius 1 is 0.896 bits per heavy atom. The Bertz CT molecular complexity index is 1850. The summed E-state index contributed by atoms with van der Waals surface area (Å²) in [6.07, 6.45) is -7.84. The molecule has 1 aromatic rings. The van der Waals surface area contributed by atoms with E-state index in [-0.39, 0.29) is 30.8 Å². The van der Waals surface area contributed by atoms with Gasteiger partial charge in [0, 0.05) is 47.1 Å². The summed E-state index contributed by atoms with van der Waals surface area (Å²) in [6, 6.07) is 7.14. The van der Waals surface area contributed by atoms with Crippen LogP contribution in [0.2, 0.25) is 0 Å². The summed E-state index contributed by atoms with van der Waals surface area (Å²) in [6.45, 7) is 19.4. The number of ketones is 1. The summed E-state index contributed by atoms with van der Waals surface area (Å²) in [5, 5.41) is 45.5. The van der Waals surface area contributed by atoms with Crippen molar-refractivity contribution in [2.45, 2.75) is 194 Å². The van der Waals surface area contributed by atoms with Gasteiger partial charge in [0.2, 0.25) is 0 Å². The molecule has 0 bridgehead atoms. The Kier molecular flexibility index (Phi) is 24.2. The molecule has 16 nitrogen and oxygen atoms in total. The summed E-state index contributed by atoms with van der Waals surface area (Å²) in [5.41, 5.74) is -3.73. The Labute approximate surface area is 436 Å². The molecule has 0 spiro atoms. The summed E-state index contributed by atoms with van der Waals surface area (Å²) in [7, 11) is 1.99. The molecule has 5 N–H and O–H groups in total. The van der Waals surface area contributed by atoms with Crippen LogP contribution in [-0.4, -0.2) is 154 Å². The third-order valence-corrected chi connectivity index (χ3v) is 18.5. The van der Waals surface area contributed by atoms with Gasteiger partial charge in [-0.1, -0.05) is 77.2 Å². The quantitative estimate of drug-likeness (QED) is 0.101. The summed E-state index contributed by atoms with van der Waals surface area (Å²) < 4.78 is 67.3. The van der Waals surface area contributed by atoms with Gasteiger partial charge in [-0.05, 0) is 85.5 Å². The number of cyclic esters (lactones) is 1.